The molecule has 8 nitrogen and oxygen atoms in total. The van der Waals surface area contributed by atoms with Gasteiger partial charge in [0.05, 0.1) is 5.69 Å². The van der Waals surface area contributed by atoms with E-state index in [2.05, 4.69) is 48.2 Å². The normalized spacial score (nSPS) is 17.5. The van der Waals surface area contributed by atoms with Crippen molar-refractivity contribution in [3.8, 4) is 11.3 Å². The van der Waals surface area contributed by atoms with Gasteiger partial charge < -0.3 is 4.90 Å². The van der Waals surface area contributed by atoms with Gasteiger partial charge in [-0.3, -0.25) is 4.68 Å². The number of hydrogen-bond donors (Lipinski definition) is 0. The minimum atomic E-state index is 0.521. The predicted molar refractivity (Wildman–Crippen MR) is 101 cm³/mol. The topological polar surface area (TPSA) is 77.0 Å². The van der Waals surface area contributed by atoms with E-state index in [1.165, 1.54) is 6.42 Å². The zero-order chi connectivity index (χ0) is 18.1. The molecule has 1 unspecified atom stereocenters. The van der Waals surface area contributed by atoms with Crippen molar-refractivity contribution in [1.82, 2.24) is 34.3 Å². The number of rotatable bonds is 4. The summed E-state index contributed by atoms with van der Waals surface area (Å²) in [5.74, 6) is 2.19. The third kappa shape index (κ3) is 3.14. The second-order valence-corrected chi connectivity index (χ2v) is 6.91. The molecule has 3 aromatic heterocycles. The van der Waals surface area contributed by atoms with E-state index in [1.807, 2.05) is 27.4 Å². The molecular formula is C19H20N8. The second kappa shape index (κ2) is 6.79. The van der Waals surface area contributed by atoms with Crippen molar-refractivity contribution in [2.45, 2.75) is 19.4 Å². The molecule has 0 bridgehead atoms. The number of aromatic nitrogens is 7. The fourth-order valence-corrected chi connectivity index (χ4v) is 3.79. The smallest absolute Gasteiger partial charge is 0.254 e. The molecule has 1 aliphatic rings. The number of fused-ring (bicyclic) bond motifs is 1. The molecule has 27 heavy (non-hydrogen) atoms. The van der Waals surface area contributed by atoms with Crippen molar-refractivity contribution in [1.29, 1.82) is 0 Å². The maximum absolute atomic E-state index is 4.68. The fraction of sp³-hybridized carbons (Fsp3) is 0.316. The molecular weight excluding hydrogens is 340 g/mol. The summed E-state index contributed by atoms with van der Waals surface area (Å²) in [6, 6.07) is 12.3. The highest BCUT2D eigenvalue weighted by Gasteiger charge is 2.23. The first-order valence-corrected chi connectivity index (χ1v) is 9.20. The third-order valence-corrected chi connectivity index (χ3v) is 5.06. The minimum absolute atomic E-state index is 0.521. The van der Waals surface area contributed by atoms with E-state index in [0.717, 1.165) is 43.1 Å². The molecule has 0 aliphatic carbocycles. The summed E-state index contributed by atoms with van der Waals surface area (Å²) in [4.78, 5) is 15.5. The van der Waals surface area contributed by atoms with Crippen LogP contribution in [0.1, 0.15) is 12.8 Å². The summed E-state index contributed by atoms with van der Waals surface area (Å²) in [6.45, 7) is 2.84. The van der Waals surface area contributed by atoms with E-state index in [-0.39, 0.29) is 0 Å². The van der Waals surface area contributed by atoms with Crippen molar-refractivity contribution < 1.29 is 0 Å². The van der Waals surface area contributed by atoms with Gasteiger partial charge in [-0.2, -0.15) is 19.7 Å². The van der Waals surface area contributed by atoms with Gasteiger partial charge in [0, 0.05) is 31.3 Å². The van der Waals surface area contributed by atoms with Crippen molar-refractivity contribution in [2.75, 3.05) is 18.0 Å². The van der Waals surface area contributed by atoms with Gasteiger partial charge in [-0.1, -0.05) is 30.3 Å². The SMILES string of the molecule is c1ccc(-c2cc(N3CCCC(Cn4cncn4)C3)n3ncnc3n2)cc1. The van der Waals surface area contributed by atoms with Crippen LogP contribution >= 0.6 is 0 Å². The van der Waals surface area contributed by atoms with Crippen LogP contribution in [0.3, 0.4) is 0 Å². The minimum Gasteiger partial charge on any atom is -0.356 e. The molecule has 8 heteroatoms. The molecule has 0 spiro atoms. The van der Waals surface area contributed by atoms with Crippen LogP contribution in [0.2, 0.25) is 0 Å². The van der Waals surface area contributed by atoms with Gasteiger partial charge >= 0.3 is 0 Å². The van der Waals surface area contributed by atoms with E-state index in [0.29, 0.717) is 11.7 Å². The van der Waals surface area contributed by atoms with E-state index >= 15 is 0 Å². The van der Waals surface area contributed by atoms with Crippen LogP contribution in [0, 0.1) is 5.92 Å². The van der Waals surface area contributed by atoms with Crippen molar-refractivity contribution >= 4 is 11.6 Å². The van der Waals surface area contributed by atoms with Gasteiger partial charge in [0.2, 0.25) is 0 Å². The lowest BCUT2D eigenvalue weighted by Gasteiger charge is -2.34. The summed E-state index contributed by atoms with van der Waals surface area (Å²) in [5, 5.41) is 8.66. The standard InChI is InChI=1S/C19H20N8/c1-2-6-16(7-3-1)17-9-18(27-19(24-17)21-13-23-27)25-8-4-5-15(10-25)11-26-14-20-12-22-26/h1-3,6-7,9,12-15H,4-5,8,10-11H2. The second-order valence-electron chi connectivity index (χ2n) is 6.91. The lowest BCUT2D eigenvalue weighted by molar-refractivity contribution is 0.349. The Morgan fingerprint density at radius 3 is 2.85 bits per heavy atom. The molecule has 4 heterocycles. The first kappa shape index (κ1) is 15.9. The molecule has 4 aromatic rings. The molecule has 1 atom stereocenters. The van der Waals surface area contributed by atoms with Crippen LogP contribution in [0.15, 0.2) is 55.4 Å². The molecule has 1 saturated heterocycles. The number of benzene rings is 1. The molecule has 0 saturated carbocycles. The van der Waals surface area contributed by atoms with Gasteiger partial charge in [0.25, 0.3) is 5.78 Å². The highest BCUT2D eigenvalue weighted by Crippen LogP contribution is 2.27. The largest absolute Gasteiger partial charge is 0.356 e. The highest BCUT2D eigenvalue weighted by molar-refractivity contribution is 5.65. The molecule has 1 fully saturated rings. The third-order valence-electron chi connectivity index (χ3n) is 5.06. The average molecular weight is 360 g/mol. The molecule has 136 valence electrons. The number of nitrogens with zero attached hydrogens (tertiary/aromatic N) is 8. The summed E-state index contributed by atoms with van der Waals surface area (Å²) in [6.07, 6.45) is 7.27. The Labute approximate surface area is 156 Å². The maximum atomic E-state index is 4.68. The maximum Gasteiger partial charge on any atom is 0.254 e. The Morgan fingerprint density at radius 1 is 1.07 bits per heavy atom. The van der Waals surface area contributed by atoms with Gasteiger partial charge in [-0.25, -0.2) is 9.97 Å². The van der Waals surface area contributed by atoms with E-state index < -0.39 is 0 Å². The Balaban J connectivity index is 1.49. The Hall–Kier alpha value is -3.29. The Morgan fingerprint density at radius 2 is 2.00 bits per heavy atom. The van der Waals surface area contributed by atoms with Crippen molar-refractivity contribution in [3.05, 3.63) is 55.4 Å². The molecule has 1 aromatic carbocycles. The fourth-order valence-electron chi connectivity index (χ4n) is 3.79. The Kier molecular flexibility index (Phi) is 4.00. The van der Waals surface area contributed by atoms with Crippen molar-refractivity contribution in [3.63, 3.8) is 0 Å². The lowest BCUT2D eigenvalue weighted by atomic mass is 9.98. The van der Waals surface area contributed by atoms with Gasteiger partial charge in [-0.05, 0) is 18.8 Å². The molecule has 1 aliphatic heterocycles. The molecule has 0 radical (unpaired) electrons. The summed E-state index contributed by atoms with van der Waals surface area (Å²) >= 11 is 0. The molecule has 0 amide bonds. The van der Waals surface area contributed by atoms with Crippen LogP contribution in [-0.2, 0) is 6.54 Å². The van der Waals surface area contributed by atoms with Crippen LogP contribution in [0.5, 0.6) is 0 Å². The van der Waals surface area contributed by atoms with Crippen molar-refractivity contribution in [2.24, 2.45) is 5.92 Å². The Bertz CT molecular complexity index is 1020. The van der Waals surface area contributed by atoms with E-state index in [9.17, 15) is 0 Å². The molecule has 0 N–H and O–H groups in total. The quantitative estimate of drug-likeness (QED) is 0.556. The van der Waals surface area contributed by atoms with Crippen LogP contribution in [0.4, 0.5) is 5.82 Å². The van der Waals surface area contributed by atoms with Crippen LogP contribution in [-0.4, -0.2) is 47.4 Å². The summed E-state index contributed by atoms with van der Waals surface area (Å²) in [7, 11) is 0. The zero-order valence-corrected chi connectivity index (χ0v) is 14.9. The summed E-state index contributed by atoms with van der Waals surface area (Å²) in [5.41, 5.74) is 2.00. The lowest BCUT2D eigenvalue weighted by Crippen LogP contribution is -2.38. The first-order chi connectivity index (χ1) is 13.4. The van der Waals surface area contributed by atoms with Crippen LogP contribution < -0.4 is 4.90 Å². The monoisotopic (exact) mass is 360 g/mol. The zero-order valence-electron chi connectivity index (χ0n) is 14.9. The van der Waals surface area contributed by atoms with E-state index in [4.69, 9.17) is 0 Å². The van der Waals surface area contributed by atoms with Crippen LogP contribution in [0.25, 0.3) is 17.0 Å². The average Bonchev–Trinajstić information content (AvgIpc) is 3.40. The number of hydrogen-bond acceptors (Lipinski definition) is 6. The number of piperidine rings is 1. The summed E-state index contributed by atoms with van der Waals surface area (Å²) < 4.78 is 3.76. The van der Waals surface area contributed by atoms with E-state index in [1.54, 1.807) is 19.0 Å². The number of anilines is 1. The first-order valence-electron chi connectivity index (χ1n) is 9.20. The van der Waals surface area contributed by atoms with Gasteiger partial charge in [-0.15, -0.1) is 0 Å². The predicted octanol–water partition coefficient (Wildman–Crippen LogP) is 2.30. The molecule has 5 rings (SSSR count). The highest BCUT2D eigenvalue weighted by atomic mass is 15.4. The van der Waals surface area contributed by atoms with Gasteiger partial charge in [0.15, 0.2) is 0 Å². The van der Waals surface area contributed by atoms with Gasteiger partial charge in [0.1, 0.15) is 24.8 Å².